The second-order valence-electron chi connectivity index (χ2n) is 4.37. The van der Waals surface area contributed by atoms with Crippen LogP contribution in [0.25, 0.3) is 5.69 Å². The first-order chi connectivity index (χ1) is 9.49. The lowest BCUT2D eigenvalue weighted by atomic mass is 10.2. The molecule has 0 saturated carbocycles. The first-order valence-corrected chi connectivity index (χ1v) is 6.21. The highest BCUT2D eigenvalue weighted by molar-refractivity contribution is 5.92. The predicted octanol–water partition coefficient (Wildman–Crippen LogP) is 2.25. The number of hydrogen-bond donors (Lipinski definition) is 1. The molecular weight excluding hydrogens is 261 g/mol. The first-order valence-electron chi connectivity index (χ1n) is 6.21. The third-order valence-corrected chi connectivity index (χ3v) is 3.08. The maximum atomic E-state index is 13.2. The van der Waals surface area contributed by atoms with Crippen LogP contribution in [-0.2, 0) is 11.2 Å². The van der Waals surface area contributed by atoms with Gasteiger partial charge in [0.25, 0.3) is 0 Å². The summed E-state index contributed by atoms with van der Waals surface area (Å²) in [6, 6.07) is 4.37. The first kappa shape index (κ1) is 14.0. The lowest BCUT2D eigenvalue weighted by molar-refractivity contribution is 0.0595. The Hall–Kier alpha value is -2.37. The Balaban J connectivity index is 2.67. The van der Waals surface area contributed by atoms with Gasteiger partial charge in [0, 0.05) is 6.42 Å². The number of anilines is 1. The molecule has 0 spiro atoms. The number of esters is 1. The zero-order valence-electron chi connectivity index (χ0n) is 11.6. The smallest absolute Gasteiger partial charge is 0.360 e. The van der Waals surface area contributed by atoms with E-state index in [-0.39, 0.29) is 17.3 Å². The molecule has 0 fully saturated rings. The van der Waals surface area contributed by atoms with Gasteiger partial charge >= 0.3 is 5.97 Å². The van der Waals surface area contributed by atoms with Crippen LogP contribution < -0.4 is 5.73 Å². The second kappa shape index (κ2) is 5.32. The Morgan fingerprint density at radius 1 is 1.50 bits per heavy atom. The minimum absolute atomic E-state index is 0.0769. The number of hydrogen-bond acceptors (Lipinski definition) is 4. The molecule has 0 radical (unpaired) electrons. The number of aromatic nitrogens is 2. The lowest BCUT2D eigenvalue weighted by Gasteiger charge is -2.12. The molecule has 1 aromatic carbocycles. The van der Waals surface area contributed by atoms with Crippen molar-refractivity contribution in [2.75, 3.05) is 12.8 Å². The van der Waals surface area contributed by atoms with Crippen molar-refractivity contribution < 1.29 is 13.9 Å². The molecule has 0 bridgehead atoms. The van der Waals surface area contributed by atoms with Crippen LogP contribution in [0.1, 0.15) is 28.8 Å². The molecule has 5 nitrogen and oxygen atoms in total. The summed E-state index contributed by atoms with van der Waals surface area (Å²) in [4.78, 5) is 15.9. The molecular formula is C14H16FN3O2. The molecule has 20 heavy (non-hydrogen) atoms. The van der Waals surface area contributed by atoms with E-state index in [1.54, 1.807) is 17.6 Å². The van der Waals surface area contributed by atoms with Crippen LogP contribution in [0, 0.1) is 12.7 Å². The highest BCUT2D eigenvalue weighted by Gasteiger charge is 2.21. The average molecular weight is 277 g/mol. The molecule has 2 rings (SSSR count). The van der Waals surface area contributed by atoms with Crippen molar-refractivity contribution in [2.45, 2.75) is 20.3 Å². The van der Waals surface area contributed by atoms with Gasteiger partial charge in [-0.1, -0.05) is 6.92 Å². The van der Waals surface area contributed by atoms with Crippen molar-refractivity contribution in [1.29, 1.82) is 0 Å². The zero-order valence-corrected chi connectivity index (χ0v) is 11.6. The van der Waals surface area contributed by atoms with Crippen LogP contribution >= 0.6 is 0 Å². The van der Waals surface area contributed by atoms with E-state index in [1.807, 2.05) is 6.92 Å². The molecule has 106 valence electrons. The molecule has 2 aromatic rings. The minimum Gasteiger partial charge on any atom is -0.464 e. The Labute approximate surface area is 116 Å². The summed E-state index contributed by atoms with van der Waals surface area (Å²) >= 11 is 0. The van der Waals surface area contributed by atoms with Gasteiger partial charge in [0.2, 0.25) is 0 Å². The number of nitrogens with zero attached hydrogens (tertiary/aromatic N) is 2. The van der Waals surface area contributed by atoms with Crippen LogP contribution in [0.4, 0.5) is 10.2 Å². The summed E-state index contributed by atoms with van der Waals surface area (Å²) in [6.07, 6.45) is 0.581. The summed E-state index contributed by atoms with van der Waals surface area (Å²) in [5, 5.41) is 0. The molecule has 0 atom stereocenters. The number of benzene rings is 1. The van der Waals surface area contributed by atoms with Crippen molar-refractivity contribution in [1.82, 2.24) is 9.55 Å². The molecule has 0 unspecified atom stereocenters. The normalized spacial score (nSPS) is 10.6. The van der Waals surface area contributed by atoms with Gasteiger partial charge in [0.15, 0.2) is 5.69 Å². The second-order valence-corrected chi connectivity index (χ2v) is 4.37. The third-order valence-electron chi connectivity index (χ3n) is 3.08. The van der Waals surface area contributed by atoms with Gasteiger partial charge in [-0.3, -0.25) is 4.57 Å². The van der Waals surface area contributed by atoms with E-state index in [9.17, 15) is 9.18 Å². The summed E-state index contributed by atoms with van der Waals surface area (Å²) in [6.45, 7) is 3.67. The van der Waals surface area contributed by atoms with Crippen molar-refractivity contribution in [3.63, 3.8) is 0 Å². The van der Waals surface area contributed by atoms with Crippen molar-refractivity contribution in [3.05, 3.63) is 41.1 Å². The number of nitrogens with two attached hydrogens (primary N) is 1. The Kier molecular flexibility index (Phi) is 3.74. The molecule has 1 aromatic heterocycles. The molecule has 0 aliphatic carbocycles. The van der Waals surface area contributed by atoms with E-state index >= 15 is 0 Å². The van der Waals surface area contributed by atoms with Gasteiger partial charge in [-0.25, -0.2) is 14.2 Å². The van der Waals surface area contributed by atoms with E-state index < -0.39 is 5.97 Å². The molecule has 0 amide bonds. The number of carbonyl (C=O) groups excluding carboxylic acids is 1. The summed E-state index contributed by atoms with van der Waals surface area (Å²) in [5.41, 5.74) is 7.48. The molecule has 0 aliphatic heterocycles. The Morgan fingerprint density at radius 2 is 2.20 bits per heavy atom. The van der Waals surface area contributed by atoms with E-state index in [0.717, 1.165) is 0 Å². The maximum absolute atomic E-state index is 13.2. The summed E-state index contributed by atoms with van der Waals surface area (Å²) in [7, 11) is 1.27. The molecule has 6 heteroatoms. The van der Waals surface area contributed by atoms with Crippen LogP contribution in [0.15, 0.2) is 18.2 Å². The number of methoxy groups -OCH3 is 1. The van der Waals surface area contributed by atoms with Crippen LogP contribution in [0.2, 0.25) is 0 Å². The van der Waals surface area contributed by atoms with Crippen LogP contribution in [0.3, 0.4) is 0 Å². The predicted molar refractivity (Wildman–Crippen MR) is 73.4 cm³/mol. The zero-order chi connectivity index (χ0) is 14.9. The summed E-state index contributed by atoms with van der Waals surface area (Å²) < 4.78 is 19.5. The third kappa shape index (κ3) is 2.24. The van der Waals surface area contributed by atoms with Gasteiger partial charge < -0.3 is 10.5 Å². The number of ether oxygens (including phenoxy) is 1. The standard InChI is InChI=1S/C14H16FN3O2/c1-4-11-17-12(14(19)20-3)13(16)18(11)10-6-5-9(15)7-8(10)2/h5-7H,4,16H2,1-3H3. The number of aryl methyl sites for hydroxylation is 2. The fourth-order valence-corrected chi connectivity index (χ4v) is 2.10. The topological polar surface area (TPSA) is 70.1 Å². The van der Waals surface area contributed by atoms with E-state index in [4.69, 9.17) is 5.73 Å². The highest BCUT2D eigenvalue weighted by atomic mass is 19.1. The van der Waals surface area contributed by atoms with Gasteiger partial charge in [0.05, 0.1) is 12.8 Å². The number of carbonyl (C=O) groups is 1. The number of nitrogen functional groups attached to an aromatic ring is 1. The van der Waals surface area contributed by atoms with Crippen LogP contribution in [-0.4, -0.2) is 22.6 Å². The number of halogens is 1. The van der Waals surface area contributed by atoms with E-state index in [2.05, 4.69) is 9.72 Å². The van der Waals surface area contributed by atoms with Gasteiger partial charge in [-0.15, -0.1) is 0 Å². The van der Waals surface area contributed by atoms with E-state index in [1.165, 1.54) is 19.2 Å². The van der Waals surface area contributed by atoms with Gasteiger partial charge in [-0.05, 0) is 30.7 Å². The fourth-order valence-electron chi connectivity index (χ4n) is 2.10. The van der Waals surface area contributed by atoms with Crippen LogP contribution in [0.5, 0.6) is 0 Å². The SMILES string of the molecule is CCc1nc(C(=O)OC)c(N)n1-c1ccc(F)cc1C. The van der Waals surface area contributed by atoms with Crippen molar-refractivity contribution >= 4 is 11.8 Å². The molecule has 2 N–H and O–H groups in total. The monoisotopic (exact) mass is 277 g/mol. The van der Waals surface area contributed by atoms with Crippen molar-refractivity contribution in [2.24, 2.45) is 0 Å². The Morgan fingerprint density at radius 3 is 2.75 bits per heavy atom. The largest absolute Gasteiger partial charge is 0.464 e. The lowest BCUT2D eigenvalue weighted by Crippen LogP contribution is -2.09. The highest BCUT2D eigenvalue weighted by Crippen LogP contribution is 2.24. The number of imidazole rings is 1. The molecule has 0 saturated heterocycles. The minimum atomic E-state index is -0.587. The average Bonchev–Trinajstić information content (AvgIpc) is 2.75. The molecule has 0 aliphatic rings. The maximum Gasteiger partial charge on any atom is 0.360 e. The van der Waals surface area contributed by atoms with Gasteiger partial charge in [0.1, 0.15) is 17.5 Å². The van der Waals surface area contributed by atoms with Gasteiger partial charge in [-0.2, -0.15) is 0 Å². The summed E-state index contributed by atoms with van der Waals surface area (Å²) in [5.74, 6) is -0.0899. The number of rotatable bonds is 3. The fraction of sp³-hybridized carbons (Fsp3) is 0.286. The molecule has 1 heterocycles. The van der Waals surface area contributed by atoms with E-state index in [0.29, 0.717) is 23.5 Å². The van der Waals surface area contributed by atoms with Crippen molar-refractivity contribution in [3.8, 4) is 5.69 Å². The Bertz CT molecular complexity index is 665. The quantitative estimate of drug-likeness (QED) is 0.873.